The van der Waals surface area contributed by atoms with E-state index in [-0.39, 0.29) is 9.92 Å². The van der Waals surface area contributed by atoms with E-state index in [2.05, 4.69) is 10.2 Å². The van der Waals surface area contributed by atoms with Crippen LogP contribution in [0.5, 0.6) is 5.75 Å². The molecule has 7 nitrogen and oxygen atoms in total. The van der Waals surface area contributed by atoms with E-state index in [4.69, 9.17) is 16.3 Å². The van der Waals surface area contributed by atoms with Crippen LogP contribution >= 0.6 is 11.6 Å². The van der Waals surface area contributed by atoms with Crippen molar-refractivity contribution in [2.45, 2.75) is 4.90 Å². The van der Waals surface area contributed by atoms with Gasteiger partial charge in [0.05, 0.1) is 17.8 Å². The first kappa shape index (κ1) is 20.6. The monoisotopic (exact) mass is 444 g/mol. The highest BCUT2D eigenvalue weighted by molar-refractivity contribution is 7.89. The minimum atomic E-state index is -3.62. The third-order valence-corrected chi connectivity index (χ3v) is 7.45. The summed E-state index contributed by atoms with van der Waals surface area (Å²) in [5.74, 6) is 1.45. The minimum absolute atomic E-state index is 0.140. The summed E-state index contributed by atoms with van der Waals surface area (Å²) in [4.78, 5) is 2.17. The zero-order valence-electron chi connectivity index (χ0n) is 16.4. The molecule has 2 aromatic carbocycles. The van der Waals surface area contributed by atoms with E-state index in [1.807, 2.05) is 41.3 Å². The van der Waals surface area contributed by atoms with E-state index >= 15 is 0 Å². The highest BCUT2D eigenvalue weighted by Gasteiger charge is 2.30. The molecule has 2 heterocycles. The minimum Gasteiger partial charge on any atom is -0.496 e. The van der Waals surface area contributed by atoms with Crippen LogP contribution in [0.4, 0.5) is 5.82 Å². The number of ether oxygens (including phenoxy) is 1. The van der Waals surface area contributed by atoms with Crippen LogP contribution in [0, 0.1) is 0 Å². The van der Waals surface area contributed by atoms with Crippen molar-refractivity contribution >= 4 is 27.4 Å². The van der Waals surface area contributed by atoms with Gasteiger partial charge in [-0.2, -0.15) is 4.31 Å². The summed E-state index contributed by atoms with van der Waals surface area (Å²) in [7, 11) is -2.00. The number of hydrogen-bond donors (Lipinski definition) is 0. The average molecular weight is 445 g/mol. The number of para-hydroxylation sites is 1. The predicted octanol–water partition coefficient (Wildman–Crippen LogP) is 3.32. The normalized spacial score (nSPS) is 15.2. The highest BCUT2D eigenvalue weighted by atomic mass is 35.5. The van der Waals surface area contributed by atoms with Gasteiger partial charge in [-0.05, 0) is 36.4 Å². The van der Waals surface area contributed by atoms with Gasteiger partial charge in [-0.3, -0.25) is 0 Å². The van der Waals surface area contributed by atoms with Gasteiger partial charge in [-0.15, -0.1) is 10.2 Å². The third kappa shape index (κ3) is 3.98. The predicted molar refractivity (Wildman–Crippen MR) is 116 cm³/mol. The fraction of sp³-hybridized carbons (Fsp3) is 0.238. The van der Waals surface area contributed by atoms with E-state index in [0.29, 0.717) is 32.0 Å². The molecule has 0 atom stereocenters. The molecule has 3 aromatic rings. The number of nitrogens with zero attached hydrogens (tertiary/aromatic N) is 4. The SMILES string of the molecule is COc1ccccc1-c1ccc(N2CCN(S(=O)(=O)c3ccccc3Cl)CC2)nn1. The molecule has 0 aliphatic carbocycles. The van der Waals surface area contributed by atoms with Crippen molar-refractivity contribution in [3.8, 4) is 17.0 Å². The Balaban J connectivity index is 1.46. The quantitative estimate of drug-likeness (QED) is 0.601. The number of rotatable bonds is 5. The van der Waals surface area contributed by atoms with Crippen molar-refractivity contribution in [1.82, 2.24) is 14.5 Å². The van der Waals surface area contributed by atoms with E-state index in [0.717, 1.165) is 17.0 Å². The first-order chi connectivity index (χ1) is 14.5. The molecule has 0 spiro atoms. The number of sulfonamides is 1. The Morgan fingerprint density at radius 2 is 1.60 bits per heavy atom. The summed E-state index contributed by atoms with van der Waals surface area (Å²) >= 11 is 6.10. The zero-order valence-corrected chi connectivity index (χ0v) is 18.0. The topological polar surface area (TPSA) is 75.6 Å². The molecule has 0 bridgehead atoms. The zero-order chi connectivity index (χ0) is 21.1. The molecular formula is C21H21ClN4O3S. The van der Waals surface area contributed by atoms with Crippen molar-refractivity contribution in [2.24, 2.45) is 0 Å². The van der Waals surface area contributed by atoms with E-state index in [1.165, 1.54) is 10.4 Å². The van der Waals surface area contributed by atoms with Gasteiger partial charge in [-0.25, -0.2) is 8.42 Å². The Kier molecular flexibility index (Phi) is 5.90. The highest BCUT2D eigenvalue weighted by Crippen LogP contribution is 2.29. The summed E-state index contributed by atoms with van der Waals surface area (Å²) in [5.41, 5.74) is 1.59. The van der Waals surface area contributed by atoms with Crippen LogP contribution in [-0.2, 0) is 10.0 Å². The van der Waals surface area contributed by atoms with Crippen LogP contribution < -0.4 is 9.64 Å². The molecule has 0 amide bonds. The lowest BCUT2D eigenvalue weighted by Crippen LogP contribution is -2.49. The fourth-order valence-electron chi connectivity index (χ4n) is 3.44. The van der Waals surface area contributed by atoms with Crippen molar-refractivity contribution < 1.29 is 13.2 Å². The van der Waals surface area contributed by atoms with Crippen LogP contribution in [0.3, 0.4) is 0 Å². The summed E-state index contributed by atoms with van der Waals surface area (Å²) < 4.78 is 32.6. The Morgan fingerprint density at radius 3 is 2.27 bits per heavy atom. The van der Waals surface area contributed by atoms with Crippen molar-refractivity contribution in [2.75, 3.05) is 38.2 Å². The van der Waals surface area contributed by atoms with Crippen molar-refractivity contribution in [3.05, 3.63) is 65.7 Å². The molecule has 156 valence electrons. The third-order valence-electron chi connectivity index (χ3n) is 5.05. The second kappa shape index (κ2) is 8.59. The largest absolute Gasteiger partial charge is 0.496 e. The van der Waals surface area contributed by atoms with Gasteiger partial charge in [0.15, 0.2) is 5.82 Å². The number of hydrogen-bond acceptors (Lipinski definition) is 6. The fourth-order valence-corrected chi connectivity index (χ4v) is 5.36. The van der Waals surface area contributed by atoms with E-state index in [9.17, 15) is 8.42 Å². The molecule has 30 heavy (non-hydrogen) atoms. The number of benzene rings is 2. The lowest BCUT2D eigenvalue weighted by Gasteiger charge is -2.34. The van der Waals surface area contributed by atoms with Crippen molar-refractivity contribution in [1.29, 1.82) is 0 Å². The Labute approximate surface area is 180 Å². The lowest BCUT2D eigenvalue weighted by molar-refractivity contribution is 0.383. The van der Waals surface area contributed by atoms with Gasteiger partial charge >= 0.3 is 0 Å². The molecule has 1 saturated heterocycles. The van der Waals surface area contributed by atoms with Gasteiger partial charge in [0.2, 0.25) is 10.0 Å². The van der Waals surface area contributed by atoms with Gasteiger partial charge < -0.3 is 9.64 Å². The first-order valence-corrected chi connectivity index (χ1v) is 11.3. The smallest absolute Gasteiger partial charge is 0.244 e. The maximum Gasteiger partial charge on any atom is 0.244 e. The van der Waals surface area contributed by atoms with E-state index < -0.39 is 10.0 Å². The number of piperazine rings is 1. The molecule has 0 radical (unpaired) electrons. The van der Waals surface area contributed by atoms with E-state index in [1.54, 1.807) is 25.3 Å². The molecule has 1 fully saturated rings. The second-order valence-electron chi connectivity index (χ2n) is 6.80. The Bertz CT molecular complexity index is 1130. The molecule has 0 N–H and O–H groups in total. The van der Waals surface area contributed by atoms with Crippen LogP contribution in [0.2, 0.25) is 5.02 Å². The number of aromatic nitrogens is 2. The standard InChI is InChI=1S/C21H21ClN4O3S/c1-29-19-8-4-2-6-16(19)18-10-11-21(24-23-18)25-12-14-26(15-13-25)30(27,28)20-9-5-3-7-17(20)22/h2-11H,12-15H2,1H3. The molecule has 4 rings (SSSR count). The molecule has 9 heteroatoms. The number of methoxy groups -OCH3 is 1. The van der Waals surface area contributed by atoms with Crippen LogP contribution in [0.1, 0.15) is 0 Å². The van der Waals surface area contributed by atoms with Gasteiger partial charge in [-0.1, -0.05) is 35.9 Å². The average Bonchev–Trinajstić information content (AvgIpc) is 2.79. The number of halogens is 1. The summed E-state index contributed by atoms with van der Waals surface area (Å²) in [5, 5.41) is 8.92. The maximum absolute atomic E-state index is 12.9. The van der Waals surface area contributed by atoms with Gasteiger partial charge in [0.25, 0.3) is 0 Å². The summed E-state index contributed by atoms with van der Waals surface area (Å²) in [6.45, 7) is 1.74. The van der Waals surface area contributed by atoms with Crippen LogP contribution in [-0.4, -0.2) is 56.2 Å². The molecule has 0 saturated carbocycles. The lowest BCUT2D eigenvalue weighted by atomic mass is 10.1. The second-order valence-corrected chi connectivity index (χ2v) is 9.11. The van der Waals surface area contributed by atoms with Crippen LogP contribution in [0.25, 0.3) is 11.3 Å². The molecule has 1 aliphatic rings. The molecule has 1 aliphatic heterocycles. The first-order valence-electron chi connectivity index (χ1n) is 9.47. The number of anilines is 1. The van der Waals surface area contributed by atoms with Crippen molar-refractivity contribution in [3.63, 3.8) is 0 Å². The Morgan fingerprint density at radius 1 is 0.900 bits per heavy atom. The molecule has 0 unspecified atom stereocenters. The summed E-state index contributed by atoms with van der Waals surface area (Å²) in [6.07, 6.45) is 0. The van der Waals surface area contributed by atoms with Gasteiger partial charge in [0, 0.05) is 31.7 Å². The summed E-state index contributed by atoms with van der Waals surface area (Å²) in [6, 6.07) is 17.9. The van der Waals surface area contributed by atoms with Gasteiger partial charge in [0.1, 0.15) is 10.6 Å². The maximum atomic E-state index is 12.9. The Hall–Kier alpha value is -2.68. The van der Waals surface area contributed by atoms with Crippen LogP contribution in [0.15, 0.2) is 65.6 Å². The molecule has 1 aromatic heterocycles. The molecular weight excluding hydrogens is 424 g/mol.